The van der Waals surface area contributed by atoms with Crippen molar-refractivity contribution in [2.75, 3.05) is 10.5 Å². The molecule has 3 aromatic rings. The number of hydrogen-bond donors (Lipinski definition) is 2. The smallest absolute Gasteiger partial charge is 0.384 e. The van der Waals surface area contributed by atoms with Crippen molar-refractivity contribution >= 4 is 23.6 Å². The Hall–Kier alpha value is -2.74. The molecule has 0 aliphatic carbocycles. The minimum atomic E-state index is -4.48. The van der Waals surface area contributed by atoms with E-state index < -0.39 is 11.7 Å². The fourth-order valence-electron chi connectivity index (χ4n) is 2.69. The zero-order valence-corrected chi connectivity index (χ0v) is 15.4. The number of nitrogen functional groups attached to an aromatic ring is 1. The van der Waals surface area contributed by atoms with Crippen molar-refractivity contribution in [3.05, 3.63) is 65.2 Å². The highest BCUT2D eigenvalue weighted by Crippen LogP contribution is 2.35. The summed E-state index contributed by atoms with van der Waals surface area (Å²) in [5.41, 5.74) is 7.54. The molecule has 0 unspecified atom stereocenters. The van der Waals surface area contributed by atoms with Crippen LogP contribution >= 0.6 is 11.9 Å². The Kier molecular flexibility index (Phi) is 5.27. The van der Waals surface area contributed by atoms with E-state index in [2.05, 4.69) is 14.7 Å². The van der Waals surface area contributed by atoms with Gasteiger partial charge >= 0.3 is 6.18 Å². The maximum Gasteiger partial charge on any atom is 0.416 e. The van der Waals surface area contributed by atoms with E-state index in [1.807, 2.05) is 32.0 Å². The van der Waals surface area contributed by atoms with Gasteiger partial charge in [-0.2, -0.15) is 13.2 Å². The highest BCUT2D eigenvalue weighted by atomic mass is 32.2. The number of nitrogens with zero attached hydrogens (tertiary/aromatic N) is 2. The molecule has 2 aromatic heterocycles. The number of benzene rings is 1. The second kappa shape index (κ2) is 7.48. The summed E-state index contributed by atoms with van der Waals surface area (Å²) < 4.78 is 43.0. The predicted octanol–water partition coefficient (Wildman–Crippen LogP) is 5.48. The summed E-state index contributed by atoms with van der Waals surface area (Å²) in [6.07, 6.45) is -4.48. The summed E-state index contributed by atoms with van der Waals surface area (Å²) in [5.74, 6) is 0.423. The van der Waals surface area contributed by atoms with Crippen molar-refractivity contribution in [2.24, 2.45) is 0 Å². The third-order valence-electron chi connectivity index (χ3n) is 3.90. The molecule has 0 spiro atoms. The van der Waals surface area contributed by atoms with Gasteiger partial charge in [0.15, 0.2) is 0 Å². The Labute approximate surface area is 159 Å². The number of pyridine rings is 2. The first-order valence-corrected chi connectivity index (χ1v) is 8.87. The Morgan fingerprint density at radius 2 is 1.63 bits per heavy atom. The zero-order valence-electron chi connectivity index (χ0n) is 14.6. The van der Waals surface area contributed by atoms with Crippen LogP contribution in [0, 0.1) is 13.8 Å². The first-order valence-electron chi connectivity index (χ1n) is 8.05. The van der Waals surface area contributed by atoms with Crippen molar-refractivity contribution in [3.8, 4) is 11.3 Å². The number of aryl methyl sites for hydroxylation is 2. The molecule has 0 radical (unpaired) electrons. The number of aromatic nitrogens is 2. The zero-order chi connectivity index (χ0) is 19.6. The third kappa shape index (κ3) is 4.51. The molecular formula is C19H17F3N4S. The first-order chi connectivity index (χ1) is 12.7. The quantitative estimate of drug-likeness (QED) is 0.578. The van der Waals surface area contributed by atoms with Gasteiger partial charge in [0.25, 0.3) is 0 Å². The van der Waals surface area contributed by atoms with Gasteiger partial charge in [-0.1, -0.05) is 24.3 Å². The van der Waals surface area contributed by atoms with Crippen LogP contribution in [0.5, 0.6) is 0 Å². The van der Waals surface area contributed by atoms with Gasteiger partial charge in [-0.05, 0) is 49.2 Å². The van der Waals surface area contributed by atoms with E-state index in [9.17, 15) is 13.2 Å². The highest BCUT2D eigenvalue weighted by Gasteiger charge is 2.32. The van der Waals surface area contributed by atoms with E-state index in [4.69, 9.17) is 5.73 Å². The molecule has 0 saturated carbocycles. The van der Waals surface area contributed by atoms with Crippen molar-refractivity contribution < 1.29 is 13.2 Å². The highest BCUT2D eigenvalue weighted by molar-refractivity contribution is 8.00. The predicted molar refractivity (Wildman–Crippen MR) is 102 cm³/mol. The fraction of sp³-hybridized carbons (Fsp3) is 0.158. The van der Waals surface area contributed by atoms with Crippen LogP contribution in [0.3, 0.4) is 0 Å². The minimum Gasteiger partial charge on any atom is -0.384 e. The lowest BCUT2D eigenvalue weighted by Gasteiger charge is -2.15. The van der Waals surface area contributed by atoms with E-state index in [0.717, 1.165) is 35.2 Å². The Morgan fingerprint density at radius 3 is 2.26 bits per heavy atom. The van der Waals surface area contributed by atoms with Gasteiger partial charge < -0.3 is 10.5 Å². The van der Waals surface area contributed by atoms with E-state index in [1.54, 1.807) is 18.2 Å². The van der Waals surface area contributed by atoms with Gasteiger partial charge in [-0.3, -0.25) is 0 Å². The van der Waals surface area contributed by atoms with Crippen molar-refractivity contribution in [2.45, 2.75) is 25.0 Å². The van der Waals surface area contributed by atoms with Gasteiger partial charge in [-0.15, -0.1) is 0 Å². The fourth-order valence-corrected chi connectivity index (χ4v) is 3.30. The molecule has 3 N–H and O–H groups in total. The number of hydrogen-bond acceptors (Lipinski definition) is 5. The number of halogens is 3. The second-order valence-electron chi connectivity index (χ2n) is 6.00. The minimum absolute atomic E-state index is 0.0942. The molecule has 0 fully saturated rings. The summed E-state index contributed by atoms with van der Waals surface area (Å²) in [4.78, 5) is 8.48. The molecule has 0 amide bonds. The van der Waals surface area contributed by atoms with Crippen molar-refractivity contribution in [3.63, 3.8) is 0 Å². The van der Waals surface area contributed by atoms with Gasteiger partial charge in [0.2, 0.25) is 0 Å². The third-order valence-corrected chi connectivity index (χ3v) is 4.64. The average molecular weight is 390 g/mol. The molecule has 0 atom stereocenters. The van der Waals surface area contributed by atoms with Gasteiger partial charge in [-0.25, -0.2) is 9.97 Å². The molecular weight excluding hydrogens is 373 g/mol. The molecule has 27 heavy (non-hydrogen) atoms. The van der Waals surface area contributed by atoms with E-state index in [0.29, 0.717) is 16.4 Å². The monoisotopic (exact) mass is 390 g/mol. The number of nitrogens with two attached hydrogens (primary N) is 1. The molecule has 8 heteroatoms. The first kappa shape index (κ1) is 19.0. The van der Waals surface area contributed by atoms with Crippen LogP contribution < -0.4 is 10.5 Å². The van der Waals surface area contributed by atoms with Crippen LogP contribution in [0.4, 0.5) is 24.8 Å². The second-order valence-corrected chi connectivity index (χ2v) is 6.82. The molecule has 0 aliphatic rings. The number of nitrogens with one attached hydrogen (secondary N) is 1. The van der Waals surface area contributed by atoms with E-state index >= 15 is 0 Å². The van der Waals surface area contributed by atoms with Crippen LogP contribution in [-0.2, 0) is 6.18 Å². The van der Waals surface area contributed by atoms with Crippen LogP contribution in [0.25, 0.3) is 11.3 Å². The molecule has 3 rings (SSSR count). The number of rotatable bonds is 4. The lowest BCUT2D eigenvalue weighted by molar-refractivity contribution is -0.137. The molecule has 0 aliphatic heterocycles. The van der Waals surface area contributed by atoms with Crippen LogP contribution in [0.15, 0.2) is 53.6 Å². The molecule has 1 aromatic carbocycles. The Morgan fingerprint density at radius 1 is 0.963 bits per heavy atom. The summed E-state index contributed by atoms with van der Waals surface area (Å²) in [6, 6.07) is 12.7. The lowest BCUT2D eigenvalue weighted by Crippen LogP contribution is -2.08. The van der Waals surface area contributed by atoms with E-state index in [1.165, 1.54) is 0 Å². The van der Waals surface area contributed by atoms with Gasteiger partial charge in [0, 0.05) is 17.5 Å². The SMILES string of the molecule is Cc1cccc(C)c1-c1cc(C(F)(F)F)cc(NSc2cccc(N)n2)n1. The summed E-state index contributed by atoms with van der Waals surface area (Å²) >= 11 is 1.05. The molecule has 0 bridgehead atoms. The molecule has 2 heterocycles. The summed E-state index contributed by atoms with van der Waals surface area (Å²) in [5, 5.41) is 0.530. The Bertz CT molecular complexity index is 953. The topological polar surface area (TPSA) is 63.8 Å². The normalized spacial score (nSPS) is 11.4. The maximum atomic E-state index is 13.4. The summed E-state index contributed by atoms with van der Waals surface area (Å²) in [7, 11) is 0. The molecule has 0 saturated heterocycles. The van der Waals surface area contributed by atoms with Crippen molar-refractivity contribution in [1.82, 2.24) is 9.97 Å². The van der Waals surface area contributed by atoms with Crippen LogP contribution in [-0.4, -0.2) is 9.97 Å². The summed E-state index contributed by atoms with van der Waals surface area (Å²) in [6.45, 7) is 3.70. The standard InChI is InChI=1S/C19H17F3N4S/c1-11-5-3-6-12(2)18(11)14-9-13(19(20,21)22)10-16(24-14)26-27-17-8-4-7-15(23)25-17/h3-10H,1-2H3,(H2,23,25)(H,24,26). The molecule has 140 valence electrons. The van der Waals surface area contributed by atoms with Gasteiger partial charge in [0.05, 0.1) is 11.3 Å². The van der Waals surface area contributed by atoms with Crippen LogP contribution in [0.2, 0.25) is 0 Å². The maximum absolute atomic E-state index is 13.4. The number of anilines is 2. The lowest BCUT2D eigenvalue weighted by atomic mass is 9.98. The van der Waals surface area contributed by atoms with Crippen molar-refractivity contribution in [1.29, 1.82) is 0 Å². The number of alkyl halides is 3. The Balaban J connectivity index is 2.01. The van der Waals surface area contributed by atoms with Gasteiger partial charge in [0.1, 0.15) is 16.7 Å². The van der Waals surface area contributed by atoms with E-state index in [-0.39, 0.29) is 11.5 Å². The average Bonchev–Trinajstić information content (AvgIpc) is 2.59. The van der Waals surface area contributed by atoms with Crippen LogP contribution in [0.1, 0.15) is 16.7 Å². The largest absolute Gasteiger partial charge is 0.416 e. The molecule has 4 nitrogen and oxygen atoms in total.